The summed E-state index contributed by atoms with van der Waals surface area (Å²) in [6.45, 7) is 0. The Kier molecular flexibility index (Phi) is 6.43. The Hall–Kier alpha value is -4.88. The lowest BCUT2D eigenvalue weighted by molar-refractivity contribution is -0.0399. The molecule has 8 saturated carbocycles. The third-order valence-corrected chi connectivity index (χ3v) is 17.8. The first-order chi connectivity index (χ1) is 28.2. The molecule has 57 heavy (non-hydrogen) atoms. The smallest absolute Gasteiger partial charge is 0.0468 e. The summed E-state index contributed by atoms with van der Waals surface area (Å²) >= 11 is 0. The Morgan fingerprint density at radius 1 is 0.316 bits per heavy atom. The monoisotopic (exact) mass is 737 g/mol. The molecule has 0 saturated heterocycles. The van der Waals surface area contributed by atoms with Crippen LogP contribution in [0.25, 0.3) is 33.4 Å². The third-order valence-electron chi connectivity index (χ3n) is 17.8. The van der Waals surface area contributed by atoms with Crippen molar-refractivity contribution in [2.24, 2.45) is 47.3 Å². The number of fused-ring (bicyclic) bond motifs is 6. The van der Waals surface area contributed by atoms with Gasteiger partial charge in [0, 0.05) is 27.9 Å². The van der Waals surface area contributed by atoms with E-state index < -0.39 is 0 Å². The molecule has 1 nitrogen and oxygen atoms in total. The van der Waals surface area contributed by atoms with Crippen molar-refractivity contribution in [3.63, 3.8) is 0 Å². The maximum atomic E-state index is 2.69. The van der Waals surface area contributed by atoms with E-state index in [1.54, 1.807) is 22.3 Å². The molecule has 0 aromatic heterocycles. The summed E-state index contributed by atoms with van der Waals surface area (Å²) in [6.07, 6.45) is 14.3. The van der Waals surface area contributed by atoms with E-state index in [4.69, 9.17) is 0 Å². The van der Waals surface area contributed by atoms with Crippen LogP contribution in [0.1, 0.15) is 86.5 Å². The second-order valence-electron chi connectivity index (χ2n) is 20.1. The van der Waals surface area contributed by atoms with Crippen LogP contribution in [-0.2, 0) is 10.8 Å². The Morgan fingerprint density at radius 3 is 1.40 bits per heavy atom. The van der Waals surface area contributed by atoms with E-state index in [0.717, 1.165) is 47.3 Å². The van der Waals surface area contributed by atoms with Gasteiger partial charge in [-0.15, -0.1) is 0 Å². The van der Waals surface area contributed by atoms with Crippen molar-refractivity contribution in [3.05, 3.63) is 162 Å². The summed E-state index contributed by atoms with van der Waals surface area (Å²) in [6, 6.07) is 54.9. The van der Waals surface area contributed by atoms with E-state index in [2.05, 4.69) is 144 Å². The molecule has 0 aliphatic heterocycles. The second-order valence-corrected chi connectivity index (χ2v) is 20.1. The third kappa shape index (κ3) is 4.12. The van der Waals surface area contributed by atoms with Crippen LogP contribution in [0.15, 0.2) is 140 Å². The van der Waals surface area contributed by atoms with Crippen LogP contribution >= 0.6 is 0 Å². The van der Waals surface area contributed by atoms with Crippen molar-refractivity contribution >= 4 is 17.1 Å². The molecule has 6 aromatic carbocycles. The Labute approximate surface area is 338 Å². The Bertz CT molecular complexity index is 2570. The number of anilines is 3. The van der Waals surface area contributed by atoms with Gasteiger partial charge in [0.25, 0.3) is 0 Å². The second kappa shape index (κ2) is 11.4. The summed E-state index contributed by atoms with van der Waals surface area (Å²) in [5.41, 5.74) is 19.2. The van der Waals surface area contributed by atoms with Crippen LogP contribution in [0.3, 0.4) is 0 Å². The molecule has 0 atom stereocenters. The van der Waals surface area contributed by atoms with Gasteiger partial charge in [0.2, 0.25) is 0 Å². The van der Waals surface area contributed by atoms with Crippen LogP contribution in [0.2, 0.25) is 0 Å². The molecule has 6 aromatic rings. The molecule has 0 heterocycles. The van der Waals surface area contributed by atoms with E-state index in [1.165, 1.54) is 115 Å². The lowest BCUT2D eigenvalue weighted by atomic mass is 9.43. The lowest BCUT2D eigenvalue weighted by Crippen LogP contribution is -2.55. The number of benzene rings is 6. The summed E-state index contributed by atoms with van der Waals surface area (Å²) in [5, 5.41) is 0. The largest absolute Gasteiger partial charge is 0.310 e. The summed E-state index contributed by atoms with van der Waals surface area (Å²) in [5.74, 6) is 6.80. The van der Waals surface area contributed by atoms with Crippen molar-refractivity contribution in [2.45, 2.75) is 75.0 Å². The minimum absolute atomic E-state index is 0.135. The van der Waals surface area contributed by atoms with Gasteiger partial charge in [-0.25, -0.2) is 0 Å². The Balaban J connectivity index is 0.977. The van der Waals surface area contributed by atoms with Gasteiger partial charge >= 0.3 is 0 Å². The lowest BCUT2D eigenvalue weighted by Gasteiger charge is -2.61. The van der Waals surface area contributed by atoms with E-state index in [-0.39, 0.29) is 10.8 Å². The standard InChI is InChI=1S/C56H51N/c1-2-9-38(10-3-1)39-11-8-12-44(31-39)57(45-18-20-53-50(32-45)48-14-5-7-16-52(48)55(53)40-23-34-21-35(25-40)26-41(55)24-34)46-17-19-49-47-13-4-6-15-51(47)56(54(49)33-46)42-27-36-22-37(29-42)30-43(56)28-36/h1-20,31-37,40-43H,21-30H2. The molecule has 0 radical (unpaired) electrons. The predicted octanol–water partition coefficient (Wildman–Crippen LogP) is 14.3. The van der Waals surface area contributed by atoms with Gasteiger partial charge in [0.05, 0.1) is 0 Å². The fraction of sp³-hybridized carbons (Fsp3) is 0.357. The van der Waals surface area contributed by atoms with Crippen LogP contribution < -0.4 is 4.90 Å². The molecule has 16 rings (SSSR count). The number of hydrogen-bond donors (Lipinski definition) is 0. The maximum Gasteiger partial charge on any atom is 0.0468 e. The highest BCUT2D eigenvalue weighted by atomic mass is 15.1. The number of rotatable bonds is 4. The average Bonchev–Trinajstić information content (AvgIpc) is 3.70. The highest BCUT2D eigenvalue weighted by Crippen LogP contribution is 2.71. The van der Waals surface area contributed by atoms with Gasteiger partial charge in [0.1, 0.15) is 0 Å². The highest BCUT2D eigenvalue weighted by molar-refractivity contribution is 5.90. The first kappa shape index (κ1) is 32.1. The van der Waals surface area contributed by atoms with Gasteiger partial charge in [-0.05, 0) is 204 Å². The van der Waals surface area contributed by atoms with Gasteiger partial charge in [-0.3, -0.25) is 0 Å². The SMILES string of the molecule is c1ccc(-c2cccc(N(c3ccc4c(c3)-c3ccccc3C43C4CC5CC(C4)CC3C5)c3ccc4c(c3)C3(c5ccccc5-4)C4CC5CC(C4)CC3C5)c2)cc1. The van der Waals surface area contributed by atoms with Crippen molar-refractivity contribution in [3.8, 4) is 33.4 Å². The molecular formula is C56H51N. The van der Waals surface area contributed by atoms with Crippen LogP contribution in [-0.4, -0.2) is 0 Å². The van der Waals surface area contributed by atoms with Crippen LogP contribution in [0, 0.1) is 47.3 Å². The molecule has 280 valence electrons. The fourth-order valence-electron chi connectivity index (χ4n) is 16.5. The van der Waals surface area contributed by atoms with E-state index in [0.29, 0.717) is 0 Å². The Morgan fingerprint density at radius 2 is 0.772 bits per heavy atom. The van der Waals surface area contributed by atoms with Crippen molar-refractivity contribution in [1.82, 2.24) is 0 Å². The molecule has 2 spiro atoms. The van der Waals surface area contributed by atoms with E-state index in [1.807, 2.05) is 0 Å². The normalized spacial score (nSPS) is 33.8. The van der Waals surface area contributed by atoms with Crippen LogP contribution in [0.4, 0.5) is 17.1 Å². The molecule has 10 aliphatic rings. The van der Waals surface area contributed by atoms with Gasteiger partial charge < -0.3 is 4.90 Å². The molecule has 0 unspecified atom stereocenters. The summed E-state index contributed by atoms with van der Waals surface area (Å²) < 4.78 is 0. The number of hydrogen-bond acceptors (Lipinski definition) is 1. The molecule has 0 amide bonds. The predicted molar refractivity (Wildman–Crippen MR) is 233 cm³/mol. The van der Waals surface area contributed by atoms with Gasteiger partial charge in [0.15, 0.2) is 0 Å². The van der Waals surface area contributed by atoms with Crippen LogP contribution in [0.5, 0.6) is 0 Å². The highest BCUT2D eigenvalue weighted by Gasteiger charge is 2.63. The van der Waals surface area contributed by atoms with E-state index >= 15 is 0 Å². The van der Waals surface area contributed by atoms with Crippen molar-refractivity contribution in [2.75, 3.05) is 4.90 Å². The molecular weight excluding hydrogens is 687 g/mol. The van der Waals surface area contributed by atoms with Crippen molar-refractivity contribution < 1.29 is 0 Å². The van der Waals surface area contributed by atoms with Gasteiger partial charge in [-0.2, -0.15) is 0 Å². The number of nitrogens with zero attached hydrogens (tertiary/aromatic N) is 1. The minimum Gasteiger partial charge on any atom is -0.310 e. The topological polar surface area (TPSA) is 3.24 Å². The maximum absolute atomic E-state index is 2.69. The molecule has 8 fully saturated rings. The average molecular weight is 738 g/mol. The molecule has 0 N–H and O–H groups in total. The van der Waals surface area contributed by atoms with E-state index in [9.17, 15) is 0 Å². The molecule has 8 bridgehead atoms. The zero-order valence-electron chi connectivity index (χ0n) is 32.9. The fourth-order valence-corrected chi connectivity index (χ4v) is 16.5. The van der Waals surface area contributed by atoms with Gasteiger partial charge in [-0.1, -0.05) is 103 Å². The summed E-state index contributed by atoms with van der Waals surface area (Å²) in [7, 11) is 0. The first-order valence-electron chi connectivity index (χ1n) is 22.6. The molecule has 1 heteroatoms. The first-order valence-corrected chi connectivity index (χ1v) is 22.6. The minimum atomic E-state index is 0.135. The zero-order chi connectivity index (χ0) is 37.0. The van der Waals surface area contributed by atoms with Crippen molar-refractivity contribution in [1.29, 1.82) is 0 Å². The zero-order valence-corrected chi connectivity index (χ0v) is 32.9. The quantitative estimate of drug-likeness (QED) is 0.174. The summed E-state index contributed by atoms with van der Waals surface area (Å²) in [4.78, 5) is 2.63. The molecule has 10 aliphatic carbocycles.